The van der Waals surface area contributed by atoms with Crippen molar-refractivity contribution < 1.29 is 14.7 Å². The number of carbonyl (C=O) groups is 2. The number of rotatable bonds is 4. The molecule has 1 aromatic carbocycles. The summed E-state index contributed by atoms with van der Waals surface area (Å²) in [6.45, 7) is 5.03. The first kappa shape index (κ1) is 19.4. The van der Waals surface area contributed by atoms with E-state index in [0.717, 1.165) is 13.1 Å². The Bertz CT molecular complexity index is 925. The molecular weight excluding hydrogens is 370 g/mol. The zero-order valence-corrected chi connectivity index (χ0v) is 17.0. The monoisotopic (exact) mass is 397 g/mol. The average molecular weight is 397 g/mol. The Hall–Kier alpha value is -2.87. The van der Waals surface area contributed by atoms with Crippen LogP contribution in [0.3, 0.4) is 0 Å². The third-order valence-electron chi connectivity index (χ3n) is 6.20. The minimum absolute atomic E-state index is 0.0318. The molecule has 2 aromatic rings. The maximum absolute atomic E-state index is 12.9. The number of H-pyrrole nitrogens is 1. The van der Waals surface area contributed by atoms with Gasteiger partial charge in [-0.15, -0.1) is 0 Å². The Morgan fingerprint density at radius 2 is 2.00 bits per heavy atom. The Balaban J connectivity index is 1.59. The molecule has 2 aliphatic heterocycles. The Labute approximate surface area is 170 Å². The summed E-state index contributed by atoms with van der Waals surface area (Å²) in [6.07, 6.45) is 1.60. The second-order valence-electron chi connectivity index (χ2n) is 8.32. The first-order chi connectivity index (χ1) is 13.9. The lowest BCUT2D eigenvalue weighted by Gasteiger charge is -2.32. The van der Waals surface area contributed by atoms with Crippen molar-refractivity contribution in [1.82, 2.24) is 24.9 Å². The van der Waals surface area contributed by atoms with Crippen LogP contribution in [0.2, 0.25) is 0 Å². The predicted octanol–water partition coefficient (Wildman–Crippen LogP) is 2.20. The van der Waals surface area contributed by atoms with Gasteiger partial charge in [0.1, 0.15) is 5.69 Å². The van der Waals surface area contributed by atoms with Gasteiger partial charge in [0.15, 0.2) is 0 Å². The number of fused-ring (bicyclic) bond motifs is 1. The molecule has 0 spiro atoms. The summed E-state index contributed by atoms with van der Waals surface area (Å²) in [6, 6.07) is 8.35. The third-order valence-corrected chi connectivity index (χ3v) is 6.20. The second kappa shape index (κ2) is 7.51. The molecule has 154 valence electrons. The summed E-state index contributed by atoms with van der Waals surface area (Å²) in [5, 5.41) is 15.8. The van der Waals surface area contributed by atoms with Crippen molar-refractivity contribution in [3.8, 4) is 0 Å². The van der Waals surface area contributed by atoms with Gasteiger partial charge >= 0.3 is 12.0 Å². The van der Waals surface area contributed by atoms with Crippen LogP contribution in [-0.2, 0) is 6.54 Å². The lowest BCUT2D eigenvalue weighted by atomic mass is 9.88. The lowest BCUT2D eigenvalue weighted by molar-refractivity contribution is 0.0688. The molecule has 3 heterocycles. The Morgan fingerprint density at radius 1 is 1.24 bits per heavy atom. The van der Waals surface area contributed by atoms with Gasteiger partial charge in [-0.3, -0.25) is 10.00 Å². The SMILES string of the molecule is Cc1ccccc1[C@H]1[C@@H]2CN(Cc3cn[nH]c3C(=O)O)C[C@@H]2CN1C(=O)N(C)C. The number of likely N-dealkylation sites (tertiary alicyclic amines) is 2. The average Bonchev–Trinajstić information content (AvgIpc) is 3.36. The summed E-state index contributed by atoms with van der Waals surface area (Å²) in [5.74, 6) is -0.304. The van der Waals surface area contributed by atoms with Gasteiger partial charge in [-0.05, 0) is 24.0 Å². The number of nitrogens with one attached hydrogen (secondary N) is 1. The highest BCUT2D eigenvalue weighted by Crippen LogP contribution is 2.46. The largest absolute Gasteiger partial charge is 0.477 e. The van der Waals surface area contributed by atoms with Gasteiger partial charge in [-0.1, -0.05) is 24.3 Å². The molecule has 1 aromatic heterocycles. The number of amides is 2. The van der Waals surface area contributed by atoms with Gasteiger partial charge in [0.25, 0.3) is 0 Å². The van der Waals surface area contributed by atoms with E-state index in [1.165, 1.54) is 11.1 Å². The predicted molar refractivity (Wildman–Crippen MR) is 108 cm³/mol. The highest BCUT2D eigenvalue weighted by Gasteiger charge is 2.49. The first-order valence-corrected chi connectivity index (χ1v) is 9.88. The number of carboxylic acid groups (broad SMARTS) is 1. The van der Waals surface area contributed by atoms with Crippen LogP contribution in [0.1, 0.15) is 33.2 Å². The Kier molecular flexibility index (Phi) is 5.04. The van der Waals surface area contributed by atoms with Crippen LogP contribution in [-0.4, -0.2) is 75.7 Å². The van der Waals surface area contributed by atoms with E-state index >= 15 is 0 Å². The number of aromatic carboxylic acids is 1. The molecule has 2 aliphatic rings. The molecule has 3 atom stereocenters. The number of aryl methyl sites for hydroxylation is 1. The molecule has 4 rings (SSSR count). The van der Waals surface area contributed by atoms with E-state index in [2.05, 4.69) is 34.2 Å². The molecule has 2 saturated heterocycles. The van der Waals surface area contributed by atoms with Gasteiger partial charge in [-0.2, -0.15) is 5.10 Å². The molecule has 8 heteroatoms. The number of urea groups is 1. The van der Waals surface area contributed by atoms with Crippen molar-refractivity contribution in [2.45, 2.75) is 19.5 Å². The van der Waals surface area contributed by atoms with Crippen molar-refractivity contribution in [1.29, 1.82) is 0 Å². The lowest BCUT2D eigenvalue weighted by Crippen LogP contribution is -2.41. The van der Waals surface area contributed by atoms with Gasteiger partial charge in [0, 0.05) is 51.8 Å². The van der Waals surface area contributed by atoms with Crippen LogP contribution >= 0.6 is 0 Å². The fourth-order valence-corrected chi connectivity index (χ4v) is 4.89. The molecular formula is C21H27N5O3. The quantitative estimate of drug-likeness (QED) is 0.825. The number of hydrogen-bond acceptors (Lipinski definition) is 4. The molecule has 2 fully saturated rings. The van der Waals surface area contributed by atoms with E-state index in [4.69, 9.17) is 0 Å². The maximum Gasteiger partial charge on any atom is 0.354 e. The molecule has 2 amide bonds. The van der Waals surface area contributed by atoms with Gasteiger partial charge < -0.3 is 14.9 Å². The molecule has 8 nitrogen and oxygen atoms in total. The third kappa shape index (κ3) is 3.48. The van der Waals surface area contributed by atoms with Gasteiger partial charge in [0.2, 0.25) is 0 Å². The van der Waals surface area contributed by atoms with Gasteiger partial charge in [-0.25, -0.2) is 9.59 Å². The number of aromatic amines is 1. The number of carboxylic acids is 1. The highest BCUT2D eigenvalue weighted by molar-refractivity contribution is 5.86. The second-order valence-corrected chi connectivity index (χ2v) is 8.32. The van der Waals surface area contributed by atoms with E-state index in [9.17, 15) is 14.7 Å². The number of nitrogens with zero attached hydrogens (tertiary/aromatic N) is 4. The molecule has 0 radical (unpaired) electrons. The van der Waals surface area contributed by atoms with Crippen LogP contribution in [0.5, 0.6) is 0 Å². The maximum atomic E-state index is 12.9. The topological polar surface area (TPSA) is 92.8 Å². The standard InChI is InChI=1S/C21H27N5O3/c1-13-6-4-5-7-16(13)19-17-12-25(9-14-8-22-23-18(14)20(27)28)10-15(17)11-26(19)21(29)24(2)3/h4-8,15,17,19H,9-12H2,1-3H3,(H,22,23)(H,27,28)/t15-,17-,19+/m1/s1. The molecule has 0 aliphatic carbocycles. The summed E-state index contributed by atoms with van der Waals surface area (Å²) >= 11 is 0. The van der Waals surface area contributed by atoms with Crippen molar-refractivity contribution in [3.05, 3.63) is 52.8 Å². The fourth-order valence-electron chi connectivity index (χ4n) is 4.89. The molecule has 2 N–H and O–H groups in total. The number of benzene rings is 1. The van der Waals surface area contributed by atoms with Crippen molar-refractivity contribution >= 4 is 12.0 Å². The zero-order valence-electron chi connectivity index (χ0n) is 17.0. The summed E-state index contributed by atoms with van der Waals surface area (Å²) < 4.78 is 0. The van der Waals surface area contributed by atoms with Crippen LogP contribution in [0.15, 0.2) is 30.5 Å². The van der Waals surface area contributed by atoms with Crippen molar-refractivity contribution in [2.24, 2.45) is 11.8 Å². The number of carbonyl (C=O) groups excluding carboxylic acids is 1. The Morgan fingerprint density at radius 3 is 2.69 bits per heavy atom. The smallest absolute Gasteiger partial charge is 0.354 e. The normalized spacial score (nSPS) is 24.0. The molecule has 0 bridgehead atoms. The van der Waals surface area contributed by atoms with Crippen molar-refractivity contribution in [3.63, 3.8) is 0 Å². The summed E-state index contributed by atoms with van der Waals surface area (Å²) in [5.41, 5.74) is 3.25. The fraction of sp³-hybridized carbons (Fsp3) is 0.476. The van der Waals surface area contributed by atoms with E-state index in [0.29, 0.717) is 30.5 Å². The first-order valence-electron chi connectivity index (χ1n) is 9.88. The number of hydrogen-bond donors (Lipinski definition) is 2. The van der Waals surface area contributed by atoms with E-state index in [1.54, 1.807) is 25.2 Å². The zero-order chi connectivity index (χ0) is 20.7. The minimum Gasteiger partial charge on any atom is -0.477 e. The summed E-state index contributed by atoms with van der Waals surface area (Å²) in [7, 11) is 3.59. The molecule has 0 unspecified atom stereocenters. The highest BCUT2D eigenvalue weighted by atomic mass is 16.4. The van der Waals surface area contributed by atoms with Crippen LogP contribution < -0.4 is 0 Å². The van der Waals surface area contributed by atoms with E-state index in [1.807, 2.05) is 17.0 Å². The minimum atomic E-state index is -0.988. The van der Waals surface area contributed by atoms with Crippen LogP contribution in [0, 0.1) is 18.8 Å². The molecule has 29 heavy (non-hydrogen) atoms. The van der Waals surface area contributed by atoms with Crippen LogP contribution in [0.25, 0.3) is 0 Å². The van der Waals surface area contributed by atoms with Gasteiger partial charge in [0.05, 0.1) is 12.2 Å². The van der Waals surface area contributed by atoms with E-state index < -0.39 is 5.97 Å². The number of aromatic nitrogens is 2. The molecule has 0 saturated carbocycles. The van der Waals surface area contributed by atoms with E-state index in [-0.39, 0.29) is 17.8 Å². The van der Waals surface area contributed by atoms with Crippen molar-refractivity contribution in [2.75, 3.05) is 33.7 Å². The van der Waals surface area contributed by atoms with Crippen LogP contribution in [0.4, 0.5) is 4.79 Å². The summed E-state index contributed by atoms with van der Waals surface area (Å²) in [4.78, 5) is 30.2.